The standard InChI is InChI=1S/C27H29Cl2N5OS/c1-27(2,3)21-10-11-25(24(29)17-21)34-26(30-31-32-34)36-18-22(35)16-20-9-8-19(15-23(20)28)7-6-14-33-12-4-5-13-33/h8-11,15,17H,4-5,12-14,16,18H2,1-3H3. The smallest absolute Gasteiger partial charge is 0.214 e. The lowest BCUT2D eigenvalue weighted by molar-refractivity contribution is -0.116. The molecule has 188 valence electrons. The van der Waals surface area contributed by atoms with Crippen LogP contribution in [-0.4, -0.2) is 56.3 Å². The Balaban J connectivity index is 1.36. The number of hydrogen-bond acceptors (Lipinski definition) is 6. The summed E-state index contributed by atoms with van der Waals surface area (Å²) in [6.45, 7) is 9.41. The van der Waals surface area contributed by atoms with E-state index in [0.29, 0.717) is 20.9 Å². The number of ketones is 1. The molecule has 0 N–H and O–H groups in total. The summed E-state index contributed by atoms with van der Waals surface area (Å²) in [5.41, 5.74) is 3.42. The van der Waals surface area contributed by atoms with Crippen LogP contribution in [0.15, 0.2) is 41.6 Å². The Morgan fingerprint density at radius 1 is 1.08 bits per heavy atom. The summed E-state index contributed by atoms with van der Waals surface area (Å²) < 4.78 is 1.56. The van der Waals surface area contributed by atoms with Crippen molar-refractivity contribution in [3.8, 4) is 17.5 Å². The first-order chi connectivity index (χ1) is 17.2. The number of carbonyl (C=O) groups excluding carboxylic acids is 1. The summed E-state index contributed by atoms with van der Waals surface area (Å²) in [6, 6.07) is 11.5. The normalized spacial score (nSPS) is 14.0. The molecule has 0 atom stereocenters. The van der Waals surface area contributed by atoms with E-state index in [1.165, 1.54) is 24.6 Å². The van der Waals surface area contributed by atoms with E-state index in [4.69, 9.17) is 23.2 Å². The summed E-state index contributed by atoms with van der Waals surface area (Å²) in [4.78, 5) is 15.1. The minimum Gasteiger partial charge on any atom is -0.298 e. The van der Waals surface area contributed by atoms with Gasteiger partial charge in [-0.05, 0) is 77.2 Å². The van der Waals surface area contributed by atoms with Crippen LogP contribution in [0.4, 0.5) is 0 Å². The third kappa shape index (κ3) is 6.89. The van der Waals surface area contributed by atoms with Crippen molar-refractivity contribution in [2.45, 2.75) is 50.6 Å². The molecular weight excluding hydrogens is 513 g/mol. The molecular formula is C27H29Cl2N5OS. The van der Waals surface area contributed by atoms with Gasteiger partial charge >= 0.3 is 0 Å². The maximum Gasteiger partial charge on any atom is 0.214 e. The number of nitrogens with zero attached hydrogens (tertiary/aromatic N) is 5. The molecule has 1 fully saturated rings. The number of aromatic nitrogens is 4. The van der Waals surface area contributed by atoms with E-state index >= 15 is 0 Å². The van der Waals surface area contributed by atoms with E-state index < -0.39 is 0 Å². The zero-order valence-corrected chi connectivity index (χ0v) is 23.1. The number of carbonyl (C=O) groups is 1. The second kappa shape index (κ2) is 11.8. The first-order valence-corrected chi connectivity index (χ1v) is 13.7. The van der Waals surface area contributed by atoms with Crippen LogP contribution in [0.5, 0.6) is 0 Å². The molecule has 2 heterocycles. The van der Waals surface area contributed by atoms with Gasteiger partial charge in [0.1, 0.15) is 5.78 Å². The van der Waals surface area contributed by atoms with Crippen molar-refractivity contribution >= 4 is 40.7 Å². The largest absolute Gasteiger partial charge is 0.298 e. The van der Waals surface area contributed by atoms with E-state index in [-0.39, 0.29) is 23.4 Å². The van der Waals surface area contributed by atoms with E-state index in [9.17, 15) is 4.79 Å². The fourth-order valence-electron chi connectivity index (χ4n) is 3.94. The second-order valence-electron chi connectivity index (χ2n) is 9.88. The molecule has 1 aromatic heterocycles. The van der Waals surface area contributed by atoms with E-state index in [2.05, 4.69) is 53.0 Å². The molecule has 0 radical (unpaired) electrons. The summed E-state index contributed by atoms with van der Waals surface area (Å²) in [7, 11) is 0. The molecule has 0 bridgehead atoms. The van der Waals surface area contributed by atoms with Crippen LogP contribution >= 0.6 is 35.0 Å². The zero-order valence-electron chi connectivity index (χ0n) is 20.7. The molecule has 0 saturated carbocycles. The van der Waals surface area contributed by atoms with Crippen molar-refractivity contribution in [3.63, 3.8) is 0 Å². The molecule has 0 amide bonds. The Bertz CT molecular complexity index is 1300. The maximum atomic E-state index is 12.7. The predicted molar refractivity (Wildman–Crippen MR) is 146 cm³/mol. The molecule has 1 aliphatic rings. The number of hydrogen-bond donors (Lipinski definition) is 0. The lowest BCUT2D eigenvalue weighted by Gasteiger charge is -2.20. The molecule has 3 aromatic rings. The molecule has 6 nitrogen and oxygen atoms in total. The molecule has 36 heavy (non-hydrogen) atoms. The van der Waals surface area contributed by atoms with Gasteiger partial charge in [0, 0.05) is 17.0 Å². The van der Waals surface area contributed by atoms with Crippen LogP contribution in [0.3, 0.4) is 0 Å². The molecule has 0 aliphatic carbocycles. The van der Waals surface area contributed by atoms with Gasteiger partial charge in [0.2, 0.25) is 5.16 Å². The predicted octanol–water partition coefficient (Wildman–Crippen LogP) is 5.62. The van der Waals surface area contributed by atoms with Gasteiger partial charge in [-0.1, -0.05) is 79.7 Å². The lowest BCUT2D eigenvalue weighted by atomic mass is 9.87. The Hall–Kier alpha value is -2.37. The highest BCUT2D eigenvalue weighted by Gasteiger charge is 2.19. The minimum atomic E-state index is -0.0214. The highest BCUT2D eigenvalue weighted by Crippen LogP contribution is 2.30. The van der Waals surface area contributed by atoms with E-state index in [0.717, 1.165) is 36.3 Å². The summed E-state index contributed by atoms with van der Waals surface area (Å²) in [5, 5.41) is 13.5. The summed E-state index contributed by atoms with van der Waals surface area (Å²) in [5.74, 6) is 6.63. The monoisotopic (exact) mass is 541 g/mol. The van der Waals surface area contributed by atoms with Gasteiger partial charge in [0.15, 0.2) is 0 Å². The van der Waals surface area contributed by atoms with Crippen molar-refractivity contribution in [1.82, 2.24) is 25.1 Å². The van der Waals surface area contributed by atoms with Crippen LogP contribution in [0.1, 0.15) is 50.3 Å². The van der Waals surface area contributed by atoms with Crippen LogP contribution in [-0.2, 0) is 16.6 Å². The molecule has 0 unspecified atom stereocenters. The molecule has 9 heteroatoms. The topological polar surface area (TPSA) is 63.9 Å². The van der Waals surface area contributed by atoms with Gasteiger partial charge in [-0.3, -0.25) is 9.69 Å². The first kappa shape index (κ1) is 26.7. The highest BCUT2D eigenvalue weighted by molar-refractivity contribution is 7.99. The van der Waals surface area contributed by atoms with Gasteiger partial charge in [0.25, 0.3) is 0 Å². The lowest BCUT2D eigenvalue weighted by Crippen LogP contribution is -2.18. The quantitative estimate of drug-likeness (QED) is 0.285. The number of tetrazole rings is 1. The maximum absolute atomic E-state index is 12.7. The Morgan fingerprint density at radius 3 is 2.56 bits per heavy atom. The van der Waals surface area contributed by atoms with Crippen molar-refractivity contribution in [1.29, 1.82) is 0 Å². The minimum absolute atomic E-state index is 0.0214. The molecule has 1 aliphatic heterocycles. The van der Waals surface area contributed by atoms with Crippen LogP contribution in [0.2, 0.25) is 10.0 Å². The second-order valence-corrected chi connectivity index (χ2v) is 11.6. The molecule has 1 saturated heterocycles. The molecule has 0 spiro atoms. The van der Waals surface area contributed by atoms with Crippen molar-refractivity contribution < 1.29 is 4.79 Å². The number of likely N-dealkylation sites (tertiary alicyclic amines) is 1. The average Bonchev–Trinajstić information content (AvgIpc) is 3.51. The highest BCUT2D eigenvalue weighted by atomic mass is 35.5. The fraction of sp³-hybridized carbons (Fsp3) is 0.407. The SMILES string of the molecule is CC(C)(C)c1ccc(-n2nnnc2SCC(=O)Cc2ccc(C#CCN3CCCC3)cc2Cl)c(Cl)c1. The van der Waals surface area contributed by atoms with Gasteiger partial charge in [-0.2, -0.15) is 4.68 Å². The Labute approximate surface area is 226 Å². The van der Waals surface area contributed by atoms with E-state index in [1.54, 1.807) is 4.68 Å². The summed E-state index contributed by atoms with van der Waals surface area (Å²) in [6.07, 6.45) is 2.74. The van der Waals surface area contributed by atoms with E-state index in [1.807, 2.05) is 36.4 Å². The number of rotatable bonds is 7. The number of halogens is 2. The van der Waals surface area contributed by atoms with Gasteiger partial charge in [-0.15, -0.1) is 5.10 Å². The third-order valence-corrected chi connectivity index (χ3v) is 7.65. The number of Topliss-reactive ketones (excluding diaryl/α,β-unsaturated/α-hetero) is 1. The Kier molecular flexibility index (Phi) is 8.74. The van der Waals surface area contributed by atoms with Crippen molar-refractivity contribution in [3.05, 3.63) is 63.1 Å². The van der Waals surface area contributed by atoms with Gasteiger partial charge in [0.05, 0.1) is 23.0 Å². The zero-order chi connectivity index (χ0) is 25.7. The van der Waals surface area contributed by atoms with Crippen molar-refractivity contribution in [2.75, 3.05) is 25.4 Å². The van der Waals surface area contributed by atoms with Crippen LogP contribution in [0, 0.1) is 11.8 Å². The Morgan fingerprint density at radius 2 is 1.86 bits per heavy atom. The fourth-order valence-corrected chi connectivity index (χ4v) is 5.19. The number of thioether (sulfide) groups is 1. The van der Waals surface area contributed by atoms with Gasteiger partial charge < -0.3 is 0 Å². The van der Waals surface area contributed by atoms with Crippen molar-refractivity contribution in [2.24, 2.45) is 0 Å². The van der Waals surface area contributed by atoms with Gasteiger partial charge in [-0.25, -0.2) is 0 Å². The third-order valence-electron chi connectivity index (χ3n) is 6.02. The molecule has 2 aromatic carbocycles. The number of benzene rings is 2. The summed E-state index contributed by atoms with van der Waals surface area (Å²) >= 11 is 14.3. The average molecular weight is 543 g/mol. The van der Waals surface area contributed by atoms with Crippen LogP contribution < -0.4 is 0 Å². The first-order valence-electron chi connectivity index (χ1n) is 11.9. The molecule has 4 rings (SSSR count). The van der Waals surface area contributed by atoms with Crippen LogP contribution in [0.25, 0.3) is 5.69 Å².